The molecule has 19 heavy (non-hydrogen) atoms. The maximum atomic E-state index is 4.38. The number of rotatable bonds is 9. The molecule has 1 aromatic heterocycles. The van der Waals surface area contributed by atoms with Crippen LogP contribution in [-0.2, 0) is 0 Å². The molecule has 0 saturated carbocycles. The number of hydrogen-bond donors (Lipinski definition) is 3. The second kappa shape index (κ2) is 8.66. The highest BCUT2D eigenvalue weighted by molar-refractivity contribution is 5.47. The van der Waals surface area contributed by atoms with Crippen molar-refractivity contribution >= 4 is 11.6 Å². The number of nitrogens with one attached hydrogen (secondary N) is 3. The Morgan fingerprint density at radius 2 is 1.68 bits per heavy atom. The highest BCUT2D eigenvalue weighted by Crippen LogP contribution is 2.10. The van der Waals surface area contributed by atoms with Crippen LogP contribution in [-0.4, -0.2) is 62.2 Å². The molecule has 1 rings (SSSR count). The first-order chi connectivity index (χ1) is 9.11. The molecule has 1 aromatic rings. The van der Waals surface area contributed by atoms with Gasteiger partial charge in [-0.3, -0.25) is 0 Å². The average Bonchev–Trinajstić information content (AvgIpc) is 2.34. The van der Waals surface area contributed by atoms with Gasteiger partial charge >= 0.3 is 0 Å². The lowest BCUT2D eigenvalue weighted by Gasteiger charge is -2.12. The van der Waals surface area contributed by atoms with Gasteiger partial charge in [0.05, 0.1) is 0 Å². The summed E-state index contributed by atoms with van der Waals surface area (Å²) in [6.07, 6.45) is 1.07. The lowest BCUT2D eigenvalue weighted by Crippen LogP contribution is -2.21. The summed E-state index contributed by atoms with van der Waals surface area (Å²) in [5.74, 6) is 2.55. The summed E-state index contributed by atoms with van der Waals surface area (Å²) in [5, 5.41) is 9.76. The molecule has 0 aliphatic heterocycles. The Morgan fingerprint density at radius 1 is 1.05 bits per heavy atom. The third kappa shape index (κ3) is 6.93. The largest absolute Gasteiger partial charge is 0.370 e. The van der Waals surface area contributed by atoms with Crippen LogP contribution in [0.25, 0.3) is 0 Å². The standard InChI is InChI=1S/C13H26N6/c1-11-17-12(15-7-5-6-14-2)10-13(18-11)16-8-9-19(3)4/h10,14H,5-9H2,1-4H3,(H2,15,16,17,18). The molecule has 0 bridgehead atoms. The van der Waals surface area contributed by atoms with Gasteiger partial charge in [-0.1, -0.05) is 0 Å². The topological polar surface area (TPSA) is 65.1 Å². The van der Waals surface area contributed by atoms with E-state index in [4.69, 9.17) is 0 Å². The van der Waals surface area contributed by atoms with Crippen LogP contribution >= 0.6 is 0 Å². The highest BCUT2D eigenvalue weighted by atomic mass is 15.1. The highest BCUT2D eigenvalue weighted by Gasteiger charge is 2.01. The van der Waals surface area contributed by atoms with E-state index in [-0.39, 0.29) is 0 Å². The summed E-state index contributed by atoms with van der Waals surface area (Å²) in [6.45, 7) is 5.69. The molecule has 0 aliphatic carbocycles. The van der Waals surface area contributed by atoms with Crippen molar-refractivity contribution in [2.75, 3.05) is 58.0 Å². The van der Waals surface area contributed by atoms with E-state index in [1.165, 1.54) is 0 Å². The normalized spacial score (nSPS) is 10.8. The molecule has 3 N–H and O–H groups in total. The summed E-state index contributed by atoms with van der Waals surface area (Å²) in [5.41, 5.74) is 0. The monoisotopic (exact) mass is 266 g/mol. The lowest BCUT2D eigenvalue weighted by atomic mass is 10.4. The number of aryl methyl sites for hydroxylation is 1. The van der Waals surface area contributed by atoms with Gasteiger partial charge < -0.3 is 20.9 Å². The summed E-state index contributed by atoms with van der Waals surface area (Å²) in [4.78, 5) is 10.9. The molecule has 0 unspecified atom stereocenters. The molecular formula is C13H26N6. The van der Waals surface area contributed by atoms with E-state index in [9.17, 15) is 0 Å². The number of likely N-dealkylation sites (N-methyl/N-ethyl adjacent to an activating group) is 1. The molecule has 0 aromatic carbocycles. The van der Waals surface area contributed by atoms with Crippen molar-refractivity contribution in [2.24, 2.45) is 0 Å². The number of hydrogen-bond acceptors (Lipinski definition) is 6. The molecule has 0 aliphatic rings. The molecule has 108 valence electrons. The van der Waals surface area contributed by atoms with Crippen LogP contribution in [0.2, 0.25) is 0 Å². The van der Waals surface area contributed by atoms with Gasteiger partial charge in [-0.25, -0.2) is 9.97 Å². The van der Waals surface area contributed by atoms with Gasteiger partial charge in [0.2, 0.25) is 0 Å². The number of nitrogens with zero attached hydrogens (tertiary/aromatic N) is 3. The SMILES string of the molecule is CNCCCNc1cc(NCCN(C)C)nc(C)n1. The molecule has 6 nitrogen and oxygen atoms in total. The van der Waals surface area contributed by atoms with Crippen LogP contribution in [0.3, 0.4) is 0 Å². The zero-order valence-electron chi connectivity index (χ0n) is 12.5. The first-order valence-electron chi connectivity index (χ1n) is 6.74. The molecule has 0 fully saturated rings. The molecule has 0 amide bonds. The Bertz CT molecular complexity index is 366. The van der Waals surface area contributed by atoms with Crippen molar-refractivity contribution in [1.82, 2.24) is 20.2 Å². The summed E-state index contributed by atoms with van der Waals surface area (Å²) in [7, 11) is 6.07. The Morgan fingerprint density at radius 3 is 2.26 bits per heavy atom. The van der Waals surface area contributed by atoms with Crippen molar-refractivity contribution in [3.05, 3.63) is 11.9 Å². The van der Waals surface area contributed by atoms with Gasteiger partial charge in [0.25, 0.3) is 0 Å². The van der Waals surface area contributed by atoms with E-state index in [2.05, 4.69) is 44.9 Å². The maximum absolute atomic E-state index is 4.38. The van der Waals surface area contributed by atoms with E-state index < -0.39 is 0 Å². The predicted octanol–water partition coefficient (Wildman–Crippen LogP) is 0.780. The lowest BCUT2D eigenvalue weighted by molar-refractivity contribution is 0.425. The zero-order valence-corrected chi connectivity index (χ0v) is 12.5. The fourth-order valence-electron chi connectivity index (χ4n) is 1.64. The quantitative estimate of drug-likeness (QED) is 0.574. The fraction of sp³-hybridized carbons (Fsp3) is 0.692. The summed E-state index contributed by atoms with van der Waals surface area (Å²) < 4.78 is 0. The van der Waals surface area contributed by atoms with Gasteiger partial charge in [0, 0.05) is 25.7 Å². The van der Waals surface area contributed by atoms with E-state index in [0.29, 0.717) is 0 Å². The second-order valence-electron chi connectivity index (χ2n) is 4.80. The molecule has 6 heteroatoms. The van der Waals surface area contributed by atoms with E-state index in [0.717, 1.165) is 50.1 Å². The van der Waals surface area contributed by atoms with Crippen LogP contribution in [0, 0.1) is 6.92 Å². The Labute approximate surface area is 116 Å². The second-order valence-corrected chi connectivity index (χ2v) is 4.80. The van der Waals surface area contributed by atoms with Gasteiger partial charge in [-0.15, -0.1) is 0 Å². The minimum Gasteiger partial charge on any atom is -0.370 e. The first kappa shape index (κ1) is 15.7. The van der Waals surface area contributed by atoms with Gasteiger partial charge in [0.1, 0.15) is 17.5 Å². The summed E-state index contributed by atoms with van der Waals surface area (Å²) >= 11 is 0. The van der Waals surface area contributed by atoms with Crippen molar-refractivity contribution in [3.63, 3.8) is 0 Å². The Kier molecular flexibility index (Phi) is 7.14. The zero-order chi connectivity index (χ0) is 14.1. The molecular weight excluding hydrogens is 240 g/mol. The fourth-order valence-corrected chi connectivity index (χ4v) is 1.64. The van der Waals surface area contributed by atoms with Gasteiger partial charge in [-0.2, -0.15) is 0 Å². The van der Waals surface area contributed by atoms with Crippen LogP contribution in [0.15, 0.2) is 6.07 Å². The number of anilines is 2. The smallest absolute Gasteiger partial charge is 0.131 e. The molecule has 0 saturated heterocycles. The molecule has 1 heterocycles. The van der Waals surface area contributed by atoms with Crippen LogP contribution < -0.4 is 16.0 Å². The van der Waals surface area contributed by atoms with Crippen molar-refractivity contribution in [1.29, 1.82) is 0 Å². The van der Waals surface area contributed by atoms with E-state index in [1.807, 2.05) is 20.0 Å². The third-order valence-corrected chi connectivity index (χ3v) is 2.61. The van der Waals surface area contributed by atoms with Gasteiger partial charge in [-0.05, 0) is 41.0 Å². The Hall–Kier alpha value is -1.40. The van der Waals surface area contributed by atoms with Crippen molar-refractivity contribution < 1.29 is 0 Å². The first-order valence-corrected chi connectivity index (χ1v) is 6.74. The Balaban J connectivity index is 2.46. The minimum atomic E-state index is 0.783. The predicted molar refractivity (Wildman–Crippen MR) is 80.8 cm³/mol. The van der Waals surface area contributed by atoms with Gasteiger partial charge in [0.15, 0.2) is 0 Å². The van der Waals surface area contributed by atoms with Crippen LogP contribution in [0.1, 0.15) is 12.2 Å². The van der Waals surface area contributed by atoms with E-state index in [1.54, 1.807) is 0 Å². The molecule has 0 radical (unpaired) electrons. The maximum Gasteiger partial charge on any atom is 0.131 e. The van der Waals surface area contributed by atoms with Crippen LogP contribution in [0.5, 0.6) is 0 Å². The molecule has 0 atom stereocenters. The van der Waals surface area contributed by atoms with Crippen LogP contribution in [0.4, 0.5) is 11.6 Å². The number of aromatic nitrogens is 2. The van der Waals surface area contributed by atoms with Crippen molar-refractivity contribution in [3.8, 4) is 0 Å². The average molecular weight is 266 g/mol. The summed E-state index contributed by atoms with van der Waals surface area (Å²) in [6, 6.07) is 1.96. The molecule has 0 spiro atoms. The minimum absolute atomic E-state index is 0.783. The third-order valence-electron chi connectivity index (χ3n) is 2.61. The van der Waals surface area contributed by atoms with E-state index >= 15 is 0 Å². The van der Waals surface area contributed by atoms with Crippen molar-refractivity contribution in [2.45, 2.75) is 13.3 Å².